The van der Waals surface area contributed by atoms with Crippen LogP contribution in [0.25, 0.3) is 22.4 Å². The number of sulfone groups is 1. The van der Waals surface area contributed by atoms with Gasteiger partial charge in [-0.1, -0.05) is 37.3 Å². The van der Waals surface area contributed by atoms with Gasteiger partial charge in [0.1, 0.15) is 5.60 Å². The molecule has 0 bridgehead atoms. The lowest BCUT2D eigenvalue weighted by molar-refractivity contribution is 0.0730. The fourth-order valence-corrected chi connectivity index (χ4v) is 4.39. The fourth-order valence-electron chi connectivity index (χ4n) is 3.72. The summed E-state index contributed by atoms with van der Waals surface area (Å²) < 4.78 is 25.7. The molecular formula is C22H24N2O3S. The highest BCUT2D eigenvalue weighted by molar-refractivity contribution is 7.90. The van der Waals surface area contributed by atoms with Crippen molar-refractivity contribution in [3.05, 3.63) is 59.8 Å². The molecule has 0 fully saturated rings. The first kappa shape index (κ1) is 18.9. The van der Waals surface area contributed by atoms with Crippen LogP contribution in [0, 0.1) is 0 Å². The molecule has 2 heterocycles. The highest BCUT2D eigenvalue weighted by Crippen LogP contribution is 2.39. The van der Waals surface area contributed by atoms with E-state index in [1.807, 2.05) is 22.9 Å². The Morgan fingerprint density at radius 1 is 1.11 bits per heavy atom. The van der Waals surface area contributed by atoms with Gasteiger partial charge >= 0.3 is 0 Å². The Hall–Kier alpha value is -2.44. The van der Waals surface area contributed by atoms with Gasteiger partial charge in [0, 0.05) is 24.3 Å². The van der Waals surface area contributed by atoms with E-state index in [4.69, 9.17) is 0 Å². The van der Waals surface area contributed by atoms with Crippen LogP contribution in [0.15, 0.2) is 53.4 Å². The molecule has 1 atom stereocenters. The van der Waals surface area contributed by atoms with Gasteiger partial charge in [-0.05, 0) is 48.7 Å². The van der Waals surface area contributed by atoms with E-state index in [2.05, 4.69) is 24.2 Å². The highest BCUT2D eigenvalue weighted by Gasteiger charge is 2.28. The first-order chi connectivity index (χ1) is 13.0. The van der Waals surface area contributed by atoms with E-state index in [-0.39, 0.29) is 5.92 Å². The first-order valence-electron chi connectivity index (χ1n) is 9.29. The van der Waals surface area contributed by atoms with Gasteiger partial charge in [0.05, 0.1) is 16.3 Å². The van der Waals surface area contributed by atoms with Crippen molar-refractivity contribution < 1.29 is 13.5 Å². The lowest BCUT2D eigenvalue weighted by atomic mass is 9.88. The molecule has 2 aromatic carbocycles. The van der Waals surface area contributed by atoms with Gasteiger partial charge in [0.25, 0.3) is 0 Å². The van der Waals surface area contributed by atoms with Gasteiger partial charge < -0.3 is 5.11 Å². The standard InChI is InChI=1S/C22H24N2O3S/c1-14-13-24-20(12-21(23-24)22(2,3)25)18-9-8-16(11-19(14)18)15-6-5-7-17(10-15)28(4,26)27/h5-12,14,25H,13H2,1-4H3. The Morgan fingerprint density at radius 3 is 2.50 bits per heavy atom. The van der Waals surface area contributed by atoms with Crippen LogP contribution in [0.4, 0.5) is 0 Å². The largest absolute Gasteiger partial charge is 0.384 e. The molecule has 0 spiro atoms. The van der Waals surface area contributed by atoms with Crippen molar-refractivity contribution in [3.63, 3.8) is 0 Å². The van der Waals surface area contributed by atoms with Crippen LogP contribution < -0.4 is 0 Å². The van der Waals surface area contributed by atoms with Crippen molar-refractivity contribution in [1.29, 1.82) is 0 Å². The van der Waals surface area contributed by atoms with Gasteiger partial charge in [-0.3, -0.25) is 4.68 Å². The number of nitrogens with zero attached hydrogens (tertiary/aromatic N) is 2. The zero-order chi connectivity index (χ0) is 20.3. The molecule has 0 radical (unpaired) electrons. The van der Waals surface area contributed by atoms with Gasteiger partial charge in [-0.15, -0.1) is 0 Å². The maximum Gasteiger partial charge on any atom is 0.175 e. The summed E-state index contributed by atoms with van der Waals surface area (Å²) in [6, 6.07) is 15.2. The molecule has 0 aliphatic carbocycles. The number of fused-ring (bicyclic) bond motifs is 3. The van der Waals surface area contributed by atoms with Crippen molar-refractivity contribution in [2.45, 2.75) is 43.7 Å². The molecule has 1 aromatic heterocycles. The molecule has 0 saturated carbocycles. The van der Waals surface area contributed by atoms with Gasteiger partial charge in [0.2, 0.25) is 0 Å². The number of aliphatic hydroxyl groups is 1. The third-order valence-electron chi connectivity index (χ3n) is 5.31. The molecule has 28 heavy (non-hydrogen) atoms. The minimum atomic E-state index is -3.25. The van der Waals surface area contributed by atoms with Crippen molar-refractivity contribution in [3.8, 4) is 22.4 Å². The predicted octanol–water partition coefficient (Wildman–Crippen LogP) is 3.97. The minimum absolute atomic E-state index is 0.259. The summed E-state index contributed by atoms with van der Waals surface area (Å²) >= 11 is 0. The minimum Gasteiger partial charge on any atom is -0.384 e. The second kappa shape index (κ2) is 6.29. The van der Waals surface area contributed by atoms with E-state index in [0.717, 1.165) is 28.9 Å². The van der Waals surface area contributed by atoms with Crippen molar-refractivity contribution >= 4 is 9.84 Å². The molecule has 0 amide bonds. The zero-order valence-electron chi connectivity index (χ0n) is 16.5. The smallest absolute Gasteiger partial charge is 0.175 e. The van der Waals surface area contributed by atoms with E-state index in [1.165, 1.54) is 11.8 Å². The van der Waals surface area contributed by atoms with Crippen molar-refractivity contribution in [2.24, 2.45) is 0 Å². The molecule has 1 unspecified atom stereocenters. The maximum atomic E-state index is 11.9. The Balaban J connectivity index is 1.82. The van der Waals surface area contributed by atoms with E-state index in [1.54, 1.807) is 32.0 Å². The highest BCUT2D eigenvalue weighted by atomic mass is 32.2. The maximum absolute atomic E-state index is 11.9. The molecule has 1 aliphatic rings. The van der Waals surface area contributed by atoms with E-state index in [0.29, 0.717) is 10.6 Å². The Labute approximate surface area is 165 Å². The lowest BCUT2D eigenvalue weighted by Gasteiger charge is -2.24. The first-order valence-corrected chi connectivity index (χ1v) is 11.2. The molecule has 5 nitrogen and oxygen atoms in total. The summed E-state index contributed by atoms with van der Waals surface area (Å²) in [6.45, 7) is 6.38. The van der Waals surface area contributed by atoms with Crippen LogP contribution in [-0.4, -0.2) is 29.6 Å². The zero-order valence-corrected chi connectivity index (χ0v) is 17.3. The summed E-state index contributed by atoms with van der Waals surface area (Å²) in [5.41, 5.74) is 4.86. The SMILES string of the molecule is CC1Cn2nc(C(C)(C)O)cc2-c2ccc(-c3cccc(S(C)(=O)=O)c3)cc21. The Kier molecular flexibility index (Phi) is 4.25. The summed E-state index contributed by atoms with van der Waals surface area (Å²) in [5.74, 6) is 0.259. The molecular weight excluding hydrogens is 372 g/mol. The topological polar surface area (TPSA) is 72.2 Å². The fraction of sp³-hybridized carbons (Fsp3) is 0.318. The lowest BCUT2D eigenvalue weighted by Crippen LogP contribution is -2.18. The molecule has 4 rings (SSSR count). The number of hydrogen-bond donors (Lipinski definition) is 1. The predicted molar refractivity (Wildman–Crippen MR) is 110 cm³/mol. The second-order valence-electron chi connectivity index (χ2n) is 8.16. The molecule has 1 N–H and O–H groups in total. The van der Waals surface area contributed by atoms with Crippen LogP contribution in [-0.2, 0) is 22.0 Å². The summed E-state index contributed by atoms with van der Waals surface area (Å²) in [6.07, 6.45) is 1.22. The monoisotopic (exact) mass is 396 g/mol. The van der Waals surface area contributed by atoms with Crippen LogP contribution >= 0.6 is 0 Å². The third-order valence-corrected chi connectivity index (χ3v) is 6.42. The number of benzene rings is 2. The van der Waals surface area contributed by atoms with Crippen LogP contribution in [0.2, 0.25) is 0 Å². The summed E-state index contributed by atoms with van der Waals surface area (Å²) in [7, 11) is -3.25. The van der Waals surface area contributed by atoms with Crippen molar-refractivity contribution in [2.75, 3.05) is 6.26 Å². The van der Waals surface area contributed by atoms with Crippen molar-refractivity contribution in [1.82, 2.24) is 9.78 Å². The average Bonchev–Trinajstić information content (AvgIpc) is 3.05. The molecule has 0 saturated heterocycles. The Bertz CT molecular complexity index is 1170. The second-order valence-corrected chi connectivity index (χ2v) is 10.2. The van der Waals surface area contributed by atoms with Crippen LogP contribution in [0.5, 0.6) is 0 Å². The normalized spacial score (nSPS) is 16.5. The van der Waals surface area contributed by atoms with E-state index >= 15 is 0 Å². The Morgan fingerprint density at radius 2 is 1.82 bits per heavy atom. The summed E-state index contributed by atoms with van der Waals surface area (Å²) in [5, 5.41) is 14.9. The van der Waals surface area contributed by atoms with Gasteiger partial charge in [0.15, 0.2) is 9.84 Å². The third kappa shape index (κ3) is 3.27. The molecule has 1 aliphatic heterocycles. The number of hydrogen-bond acceptors (Lipinski definition) is 4. The van der Waals surface area contributed by atoms with Crippen LogP contribution in [0.3, 0.4) is 0 Å². The molecule has 3 aromatic rings. The number of rotatable bonds is 3. The van der Waals surface area contributed by atoms with E-state index < -0.39 is 15.4 Å². The quantitative estimate of drug-likeness (QED) is 0.727. The molecule has 146 valence electrons. The average molecular weight is 397 g/mol. The van der Waals surface area contributed by atoms with Gasteiger partial charge in [-0.2, -0.15) is 5.10 Å². The molecule has 6 heteroatoms. The van der Waals surface area contributed by atoms with E-state index in [9.17, 15) is 13.5 Å². The van der Waals surface area contributed by atoms with Crippen LogP contribution in [0.1, 0.15) is 37.9 Å². The van der Waals surface area contributed by atoms with Gasteiger partial charge in [-0.25, -0.2) is 8.42 Å². The summed E-state index contributed by atoms with van der Waals surface area (Å²) in [4.78, 5) is 0.323. The number of aromatic nitrogens is 2.